The summed E-state index contributed by atoms with van der Waals surface area (Å²) in [7, 11) is -1.04. The predicted octanol–water partition coefficient (Wildman–Crippen LogP) is 0.277. The lowest BCUT2D eigenvalue weighted by atomic mass is 10.1. The Morgan fingerprint density at radius 3 is 2.72 bits per heavy atom. The van der Waals surface area contributed by atoms with E-state index in [-0.39, 0.29) is 22.9 Å². The second-order valence-electron chi connectivity index (χ2n) is 3.75. The molecule has 0 spiro atoms. The molecule has 7 heteroatoms. The molecule has 1 aromatic rings. The summed E-state index contributed by atoms with van der Waals surface area (Å²) in [6.07, 6.45) is 4.02. The van der Waals surface area contributed by atoms with Gasteiger partial charge in [0.2, 0.25) is 0 Å². The first-order valence-corrected chi connectivity index (χ1v) is 6.83. The third-order valence-electron chi connectivity index (χ3n) is 2.41. The normalized spacial score (nSPS) is 13.7. The average molecular weight is 270 g/mol. The molecule has 1 aromatic heterocycles. The molecule has 2 unspecified atom stereocenters. The smallest absolute Gasteiger partial charge is 0.338 e. The molecular formula is C11H14N2O4S. The molecular weight excluding hydrogens is 256 g/mol. The van der Waals surface area contributed by atoms with Crippen molar-refractivity contribution >= 4 is 22.7 Å². The lowest BCUT2D eigenvalue weighted by Crippen LogP contribution is -2.33. The van der Waals surface area contributed by atoms with E-state index in [1.807, 2.05) is 0 Å². The van der Waals surface area contributed by atoms with E-state index in [2.05, 4.69) is 10.3 Å². The van der Waals surface area contributed by atoms with Crippen LogP contribution >= 0.6 is 0 Å². The van der Waals surface area contributed by atoms with E-state index >= 15 is 0 Å². The van der Waals surface area contributed by atoms with Crippen molar-refractivity contribution in [1.82, 2.24) is 10.3 Å². The SMILES string of the molecule is CC(CNC(=O)c1ccncc1C(=O)O)S(C)=O. The third kappa shape index (κ3) is 3.63. The van der Waals surface area contributed by atoms with E-state index in [9.17, 15) is 13.8 Å². The summed E-state index contributed by atoms with van der Waals surface area (Å²) in [5.41, 5.74) is -0.105. The van der Waals surface area contributed by atoms with Gasteiger partial charge in [-0.3, -0.25) is 14.0 Å². The maximum atomic E-state index is 11.8. The van der Waals surface area contributed by atoms with Crippen molar-refractivity contribution in [2.24, 2.45) is 0 Å². The highest BCUT2D eigenvalue weighted by Crippen LogP contribution is 2.06. The standard InChI is InChI=1S/C11H14N2O4S/c1-7(18(2)17)5-13-10(14)8-3-4-12-6-9(8)11(15)16/h3-4,6-7H,5H2,1-2H3,(H,13,14)(H,15,16). The molecule has 98 valence electrons. The molecule has 0 saturated heterocycles. The molecule has 18 heavy (non-hydrogen) atoms. The summed E-state index contributed by atoms with van der Waals surface area (Å²) in [5.74, 6) is -1.72. The van der Waals surface area contributed by atoms with Gasteiger partial charge < -0.3 is 10.4 Å². The first kappa shape index (κ1) is 14.3. The molecule has 0 aliphatic rings. The second kappa shape index (κ2) is 6.25. The lowest BCUT2D eigenvalue weighted by molar-refractivity contribution is 0.0690. The molecule has 2 atom stereocenters. The van der Waals surface area contributed by atoms with Gasteiger partial charge in [-0.05, 0) is 13.0 Å². The Kier molecular flexibility index (Phi) is 4.96. The van der Waals surface area contributed by atoms with E-state index in [1.165, 1.54) is 12.3 Å². The van der Waals surface area contributed by atoms with Crippen LogP contribution in [-0.2, 0) is 10.8 Å². The fourth-order valence-corrected chi connectivity index (χ4v) is 1.53. The molecule has 2 N–H and O–H groups in total. The molecule has 0 saturated carbocycles. The Hall–Kier alpha value is -1.76. The third-order valence-corrected chi connectivity index (χ3v) is 3.71. The fourth-order valence-electron chi connectivity index (χ4n) is 1.21. The fraction of sp³-hybridized carbons (Fsp3) is 0.364. The highest BCUT2D eigenvalue weighted by Gasteiger charge is 2.17. The Morgan fingerprint density at radius 1 is 1.50 bits per heavy atom. The zero-order valence-electron chi connectivity index (χ0n) is 10.0. The molecule has 0 radical (unpaired) electrons. The van der Waals surface area contributed by atoms with Crippen molar-refractivity contribution < 1.29 is 18.9 Å². The van der Waals surface area contributed by atoms with Crippen LogP contribution < -0.4 is 5.32 Å². The van der Waals surface area contributed by atoms with Crippen LogP contribution in [0.5, 0.6) is 0 Å². The summed E-state index contributed by atoms with van der Waals surface area (Å²) >= 11 is 0. The Balaban J connectivity index is 2.79. The summed E-state index contributed by atoms with van der Waals surface area (Å²) in [4.78, 5) is 26.4. The van der Waals surface area contributed by atoms with Gasteiger partial charge in [-0.25, -0.2) is 4.79 Å². The van der Waals surface area contributed by atoms with Crippen molar-refractivity contribution in [3.8, 4) is 0 Å². The number of nitrogens with one attached hydrogen (secondary N) is 1. The van der Waals surface area contributed by atoms with Gasteiger partial charge in [0, 0.05) is 41.2 Å². The first-order chi connectivity index (χ1) is 8.43. The number of nitrogens with zero attached hydrogens (tertiary/aromatic N) is 1. The van der Waals surface area contributed by atoms with Gasteiger partial charge in [-0.2, -0.15) is 0 Å². The van der Waals surface area contributed by atoms with Gasteiger partial charge in [0.15, 0.2) is 0 Å². The summed E-state index contributed by atoms with van der Waals surface area (Å²) in [6, 6.07) is 1.34. The Labute approximate surface area is 107 Å². The van der Waals surface area contributed by atoms with Gasteiger partial charge >= 0.3 is 5.97 Å². The van der Waals surface area contributed by atoms with Crippen molar-refractivity contribution in [3.63, 3.8) is 0 Å². The van der Waals surface area contributed by atoms with Crippen LogP contribution in [0.2, 0.25) is 0 Å². The van der Waals surface area contributed by atoms with E-state index in [0.717, 1.165) is 6.20 Å². The highest BCUT2D eigenvalue weighted by molar-refractivity contribution is 7.84. The first-order valence-electron chi connectivity index (χ1n) is 5.21. The number of hydrogen-bond donors (Lipinski definition) is 2. The van der Waals surface area contributed by atoms with Crippen LogP contribution in [0.3, 0.4) is 0 Å². The average Bonchev–Trinajstić information content (AvgIpc) is 2.35. The Morgan fingerprint density at radius 2 is 2.17 bits per heavy atom. The molecule has 1 amide bonds. The van der Waals surface area contributed by atoms with Crippen LogP contribution in [0.4, 0.5) is 0 Å². The van der Waals surface area contributed by atoms with Crippen molar-refractivity contribution in [2.45, 2.75) is 12.2 Å². The number of rotatable bonds is 5. The van der Waals surface area contributed by atoms with Crippen molar-refractivity contribution in [2.75, 3.05) is 12.8 Å². The molecule has 0 fully saturated rings. The number of carbonyl (C=O) groups excluding carboxylic acids is 1. The van der Waals surface area contributed by atoms with Crippen LogP contribution in [0.15, 0.2) is 18.5 Å². The van der Waals surface area contributed by atoms with Crippen LogP contribution in [0.1, 0.15) is 27.6 Å². The second-order valence-corrected chi connectivity index (χ2v) is 5.55. The molecule has 0 aliphatic heterocycles. The molecule has 0 aromatic carbocycles. The Bertz CT molecular complexity index is 490. The summed E-state index contributed by atoms with van der Waals surface area (Å²) in [5, 5.41) is 11.3. The van der Waals surface area contributed by atoms with Gasteiger partial charge in [-0.1, -0.05) is 0 Å². The number of aromatic nitrogens is 1. The summed E-state index contributed by atoms with van der Waals surface area (Å²) < 4.78 is 11.1. The monoisotopic (exact) mass is 270 g/mol. The molecule has 0 bridgehead atoms. The van der Waals surface area contributed by atoms with E-state index in [0.29, 0.717) is 0 Å². The number of carboxylic acid groups (broad SMARTS) is 1. The van der Waals surface area contributed by atoms with Gasteiger partial charge in [0.1, 0.15) is 0 Å². The molecule has 1 heterocycles. The number of hydrogen-bond acceptors (Lipinski definition) is 4. The molecule has 1 rings (SSSR count). The number of carboxylic acids is 1. The minimum atomic E-state index is -1.21. The number of pyridine rings is 1. The minimum absolute atomic E-state index is 0.0478. The zero-order chi connectivity index (χ0) is 13.7. The minimum Gasteiger partial charge on any atom is -0.478 e. The number of carbonyl (C=O) groups is 2. The summed E-state index contributed by atoms with van der Waals surface area (Å²) in [6.45, 7) is 1.96. The lowest BCUT2D eigenvalue weighted by Gasteiger charge is -2.10. The van der Waals surface area contributed by atoms with E-state index < -0.39 is 22.7 Å². The zero-order valence-corrected chi connectivity index (χ0v) is 10.9. The van der Waals surface area contributed by atoms with Crippen LogP contribution in [-0.4, -0.2) is 44.2 Å². The number of aromatic carboxylic acids is 1. The predicted molar refractivity (Wildman–Crippen MR) is 67.1 cm³/mol. The quantitative estimate of drug-likeness (QED) is 0.801. The topological polar surface area (TPSA) is 96.4 Å². The van der Waals surface area contributed by atoms with Crippen LogP contribution in [0, 0.1) is 0 Å². The largest absolute Gasteiger partial charge is 0.478 e. The van der Waals surface area contributed by atoms with Gasteiger partial charge in [0.05, 0.1) is 11.1 Å². The van der Waals surface area contributed by atoms with Crippen molar-refractivity contribution in [3.05, 3.63) is 29.6 Å². The number of amides is 1. The molecule has 0 aliphatic carbocycles. The maximum Gasteiger partial charge on any atom is 0.338 e. The van der Waals surface area contributed by atoms with Crippen molar-refractivity contribution in [1.29, 1.82) is 0 Å². The highest BCUT2D eigenvalue weighted by atomic mass is 32.2. The van der Waals surface area contributed by atoms with Gasteiger partial charge in [-0.15, -0.1) is 0 Å². The maximum absolute atomic E-state index is 11.8. The van der Waals surface area contributed by atoms with Gasteiger partial charge in [0.25, 0.3) is 5.91 Å². The van der Waals surface area contributed by atoms with E-state index in [1.54, 1.807) is 13.2 Å². The molecule has 6 nitrogen and oxygen atoms in total. The van der Waals surface area contributed by atoms with Crippen LogP contribution in [0.25, 0.3) is 0 Å². The van der Waals surface area contributed by atoms with E-state index in [4.69, 9.17) is 5.11 Å².